The molecule has 1 heterocycles. The molecule has 2 amide bonds. The second-order valence-electron chi connectivity index (χ2n) is 3.88. The zero-order valence-corrected chi connectivity index (χ0v) is 9.78. The number of nitrogens with one attached hydrogen (secondary N) is 2. The van der Waals surface area contributed by atoms with Gasteiger partial charge in [0.1, 0.15) is 0 Å². The SMILES string of the molecule is Cc1ccc(NC(=O)Nc2occc2C)cc1. The maximum atomic E-state index is 11.6. The molecule has 4 nitrogen and oxygen atoms in total. The summed E-state index contributed by atoms with van der Waals surface area (Å²) in [5.41, 5.74) is 2.79. The number of hydrogen-bond donors (Lipinski definition) is 2. The fourth-order valence-electron chi connectivity index (χ4n) is 1.40. The van der Waals surface area contributed by atoms with E-state index in [0.29, 0.717) is 5.88 Å². The Balaban J connectivity index is 1.98. The highest BCUT2D eigenvalue weighted by Crippen LogP contribution is 2.15. The number of rotatable bonds is 2. The molecule has 88 valence electrons. The number of benzene rings is 1. The van der Waals surface area contributed by atoms with Gasteiger partial charge in [-0.3, -0.25) is 5.32 Å². The van der Waals surface area contributed by atoms with Crippen molar-refractivity contribution in [1.29, 1.82) is 0 Å². The predicted octanol–water partition coefficient (Wildman–Crippen LogP) is 3.54. The van der Waals surface area contributed by atoms with Gasteiger partial charge < -0.3 is 9.73 Å². The van der Waals surface area contributed by atoms with Gasteiger partial charge in [-0.05, 0) is 32.0 Å². The smallest absolute Gasteiger partial charge is 0.326 e. The van der Waals surface area contributed by atoms with E-state index in [4.69, 9.17) is 4.42 Å². The van der Waals surface area contributed by atoms with Crippen LogP contribution in [0.15, 0.2) is 41.0 Å². The van der Waals surface area contributed by atoms with E-state index in [2.05, 4.69) is 10.6 Å². The quantitative estimate of drug-likeness (QED) is 0.829. The molecule has 1 aromatic heterocycles. The highest BCUT2D eigenvalue weighted by molar-refractivity contribution is 5.99. The summed E-state index contributed by atoms with van der Waals surface area (Å²) < 4.78 is 5.12. The molecule has 0 fully saturated rings. The summed E-state index contributed by atoms with van der Waals surface area (Å²) in [7, 11) is 0. The van der Waals surface area contributed by atoms with Gasteiger partial charge in [0.2, 0.25) is 5.88 Å². The summed E-state index contributed by atoms with van der Waals surface area (Å²) in [6.07, 6.45) is 1.54. The Hall–Kier alpha value is -2.23. The van der Waals surface area contributed by atoms with Crippen LogP contribution in [0.3, 0.4) is 0 Å². The number of amides is 2. The van der Waals surface area contributed by atoms with Gasteiger partial charge in [-0.2, -0.15) is 0 Å². The van der Waals surface area contributed by atoms with Crippen LogP contribution in [0.2, 0.25) is 0 Å². The van der Waals surface area contributed by atoms with Gasteiger partial charge in [-0.15, -0.1) is 0 Å². The minimum atomic E-state index is -0.313. The maximum Gasteiger partial charge on any atom is 0.326 e. The molecule has 0 bridgehead atoms. The van der Waals surface area contributed by atoms with E-state index >= 15 is 0 Å². The molecule has 2 N–H and O–H groups in total. The van der Waals surface area contributed by atoms with Crippen LogP contribution in [0.4, 0.5) is 16.4 Å². The van der Waals surface area contributed by atoms with Crippen molar-refractivity contribution in [3.8, 4) is 0 Å². The van der Waals surface area contributed by atoms with E-state index in [0.717, 1.165) is 16.8 Å². The van der Waals surface area contributed by atoms with Gasteiger partial charge in [-0.25, -0.2) is 4.79 Å². The Labute approximate surface area is 99.6 Å². The van der Waals surface area contributed by atoms with Gasteiger partial charge in [0.25, 0.3) is 0 Å². The Kier molecular flexibility index (Phi) is 3.14. The molecule has 2 aromatic rings. The normalized spacial score (nSPS) is 10.0. The minimum Gasteiger partial charge on any atom is -0.448 e. The van der Waals surface area contributed by atoms with Gasteiger partial charge in [0.05, 0.1) is 6.26 Å². The molecular formula is C13H14N2O2. The molecule has 0 aliphatic heterocycles. The van der Waals surface area contributed by atoms with Crippen molar-refractivity contribution in [2.24, 2.45) is 0 Å². The molecule has 0 saturated carbocycles. The summed E-state index contributed by atoms with van der Waals surface area (Å²) >= 11 is 0. The molecule has 0 aliphatic carbocycles. The zero-order chi connectivity index (χ0) is 12.3. The number of hydrogen-bond acceptors (Lipinski definition) is 2. The summed E-state index contributed by atoms with van der Waals surface area (Å²) in [6, 6.07) is 9.06. The lowest BCUT2D eigenvalue weighted by Crippen LogP contribution is -2.19. The highest BCUT2D eigenvalue weighted by Gasteiger charge is 2.06. The summed E-state index contributed by atoms with van der Waals surface area (Å²) in [6.45, 7) is 3.86. The minimum absolute atomic E-state index is 0.313. The van der Waals surface area contributed by atoms with E-state index in [1.807, 2.05) is 38.1 Å². The Morgan fingerprint density at radius 1 is 1.06 bits per heavy atom. The molecule has 0 radical (unpaired) electrons. The van der Waals surface area contributed by atoms with Gasteiger partial charge >= 0.3 is 6.03 Å². The average molecular weight is 230 g/mol. The molecule has 4 heteroatoms. The average Bonchev–Trinajstić information content (AvgIpc) is 2.68. The maximum absolute atomic E-state index is 11.6. The molecular weight excluding hydrogens is 216 g/mol. The monoisotopic (exact) mass is 230 g/mol. The number of carbonyl (C=O) groups excluding carboxylic acids is 1. The lowest BCUT2D eigenvalue weighted by atomic mass is 10.2. The Morgan fingerprint density at radius 2 is 1.76 bits per heavy atom. The first-order valence-electron chi connectivity index (χ1n) is 5.34. The van der Waals surface area contributed by atoms with Crippen LogP contribution in [0.25, 0.3) is 0 Å². The van der Waals surface area contributed by atoms with E-state index in [9.17, 15) is 4.79 Å². The Morgan fingerprint density at radius 3 is 2.35 bits per heavy atom. The molecule has 0 atom stereocenters. The molecule has 2 rings (SSSR count). The fourth-order valence-corrected chi connectivity index (χ4v) is 1.40. The van der Waals surface area contributed by atoms with E-state index in [1.54, 1.807) is 6.07 Å². The van der Waals surface area contributed by atoms with Crippen molar-refractivity contribution < 1.29 is 9.21 Å². The third kappa shape index (κ3) is 2.87. The van der Waals surface area contributed by atoms with Crippen molar-refractivity contribution in [1.82, 2.24) is 0 Å². The summed E-state index contributed by atoms with van der Waals surface area (Å²) in [4.78, 5) is 11.6. The largest absolute Gasteiger partial charge is 0.448 e. The molecule has 0 spiro atoms. The van der Waals surface area contributed by atoms with Crippen LogP contribution in [0.1, 0.15) is 11.1 Å². The first-order valence-corrected chi connectivity index (χ1v) is 5.34. The van der Waals surface area contributed by atoms with Gasteiger partial charge in [0.15, 0.2) is 0 Å². The highest BCUT2D eigenvalue weighted by atomic mass is 16.3. The van der Waals surface area contributed by atoms with Crippen molar-refractivity contribution >= 4 is 17.6 Å². The van der Waals surface area contributed by atoms with Gasteiger partial charge in [-0.1, -0.05) is 17.7 Å². The second kappa shape index (κ2) is 4.74. The standard InChI is InChI=1S/C13H14N2O2/c1-9-3-5-11(6-4-9)14-13(16)15-12-10(2)7-8-17-12/h3-8H,1-2H3,(H2,14,15,16). The topological polar surface area (TPSA) is 54.3 Å². The fraction of sp³-hybridized carbons (Fsp3) is 0.154. The third-order valence-corrected chi connectivity index (χ3v) is 2.40. The van der Waals surface area contributed by atoms with Crippen LogP contribution >= 0.6 is 0 Å². The first-order chi connectivity index (χ1) is 8.15. The van der Waals surface area contributed by atoms with E-state index < -0.39 is 0 Å². The van der Waals surface area contributed by atoms with Crippen LogP contribution in [-0.4, -0.2) is 6.03 Å². The summed E-state index contributed by atoms with van der Waals surface area (Å²) in [5.74, 6) is 0.467. The number of carbonyl (C=O) groups is 1. The van der Waals surface area contributed by atoms with E-state index in [-0.39, 0.29) is 6.03 Å². The first kappa shape index (κ1) is 11.3. The van der Waals surface area contributed by atoms with Crippen molar-refractivity contribution in [2.45, 2.75) is 13.8 Å². The number of urea groups is 1. The second-order valence-corrected chi connectivity index (χ2v) is 3.88. The summed E-state index contributed by atoms with van der Waals surface area (Å²) in [5, 5.41) is 5.36. The number of furan rings is 1. The third-order valence-electron chi connectivity index (χ3n) is 2.40. The van der Waals surface area contributed by atoms with Crippen LogP contribution < -0.4 is 10.6 Å². The van der Waals surface area contributed by atoms with E-state index in [1.165, 1.54) is 6.26 Å². The molecule has 0 aliphatic rings. The molecule has 0 saturated heterocycles. The molecule has 17 heavy (non-hydrogen) atoms. The van der Waals surface area contributed by atoms with Gasteiger partial charge in [0, 0.05) is 11.3 Å². The van der Waals surface area contributed by atoms with Crippen LogP contribution in [0.5, 0.6) is 0 Å². The number of aryl methyl sites for hydroxylation is 2. The molecule has 0 unspecified atom stereocenters. The van der Waals surface area contributed by atoms with Crippen molar-refractivity contribution in [2.75, 3.05) is 10.6 Å². The Bertz CT molecular complexity index is 514. The predicted molar refractivity (Wildman–Crippen MR) is 67.3 cm³/mol. The molecule has 1 aromatic carbocycles. The van der Waals surface area contributed by atoms with Crippen LogP contribution in [-0.2, 0) is 0 Å². The van der Waals surface area contributed by atoms with Crippen molar-refractivity contribution in [3.63, 3.8) is 0 Å². The lowest BCUT2D eigenvalue weighted by molar-refractivity contribution is 0.261. The number of anilines is 2. The van der Waals surface area contributed by atoms with Crippen LogP contribution in [0, 0.1) is 13.8 Å². The zero-order valence-electron chi connectivity index (χ0n) is 9.78. The lowest BCUT2D eigenvalue weighted by Gasteiger charge is -2.06. The van der Waals surface area contributed by atoms with Crippen molar-refractivity contribution in [3.05, 3.63) is 47.7 Å².